The van der Waals surface area contributed by atoms with Gasteiger partial charge in [-0.25, -0.2) is 9.97 Å². The van der Waals surface area contributed by atoms with Gasteiger partial charge < -0.3 is 11.1 Å². The van der Waals surface area contributed by atoms with Crippen LogP contribution in [-0.4, -0.2) is 23.1 Å². The lowest BCUT2D eigenvalue weighted by molar-refractivity contribution is 1.000. The molecule has 0 aliphatic rings. The van der Waals surface area contributed by atoms with E-state index in [0.29, 0.717) is 13.1 Å². The third kappa shape index (κ3) is 2.82. The summed E-state index contributed by atoms with van der Waals surface area (Å²) in [7, 11) is 0. The molecule has 0 aliphatic heterocycles. The summed E-state index contributed by atoms with van der Waals surface area (Å²) in [6.45, 7) is 5.37. The number of nitrogens with zero attached hydrogens (tertiary/aromatic N) is 2. The molecule has 4 nitrogen and oxygen atoms in total. The maximum absolute atomic E-state index is 5.61. The molecule has 0 fully saturated rings. The highest BCUT2D eigenvalue weighted by atomic mass is 32.1. The number of aryl methyl sites for hydroxylation is 2. The second kappa shape index (κ2) is 6.42. The molecule has 0 spiro atoms. The maximum atomic E-state index is 5.61. The minimum Gasteiger partial charge on any atom is -0.368 e. The van der Waals surface area contributed by atoms with Crippen molar-refractivity contribution in [3.8, 4) is 11.1 Å². The van der Waals surface area contributed by atoms with E-state index in [1.807, 2.05) is 6.92 Å². The Balaban J connectivity index is 2.12. The van der Waals surface area contributed by atoms with Crippen molar-refractivity contribution in [1.29, 1.82) is 0 Å². The van der Waals surface area contributed by atoms with Gasteiger partial charge in [0.1, 0.15) is 16.5 Å². The fourth-order valence-corrected chi connectivity index (χ4v) is 3.49. The van der Waals surface area contributed by atoms with E-state index in [4.69, 9.17) is 5.73 Å². The summed E-state index contributed by atoms with van der Waals surface area (Å²) in [6.07, 6.45) is 1.05. The molecule has 0 saturated carbocycles. The molecule has 3 N–H and O–H groups in total. The molecule has 0 saturated heterocycles. The summed E-state index contributed by atoms with van der Waals surface area (Å²) >= 11 is 1.66. The molecule has 0 aliphatic carbocycles. The summed E-state index contributed by atoms with van der Waals surface area (Å²) in [5, 5.41) is 6.58. The first kappa shape index (κ1) is 14.9. The number of hydrogen-bond acceptors (Lipinski definition) is 5. The Morgan fingerprint density at radius 3 is 2.64 bits per heavy atom. The Bertz CT molecular complexity index is 777. The molecule has 0 radical (unpaired) electrons. The van der Waals surface area contributed by atoms with Gasteiger partial charge in [-0.1, -0.05) is 31.2 Å². The van der Waals surface area contributed by atoms with Gasteiger partial charge in [-0.15, -0.1) is 11.3 Å². The highest BCUT2D eigenvalue weighted by molar-refractivity contribution is 7.17. The van der Waals surface area contributed by atoms with E-state index in [9.17, 15) is 0 Å². The van der Waals surface area contributed by atoms with E-state index in [0.717, 1.165) is 28.3 Å². The Morgan fingerprint density at radius 1 is 1.18 bits per heavy atom. The minimum atomic E-state index is 0.579. The van der Waals surface area contributed by atoms with Crippen molar-refractivity contribution in [1.82, 2.24) is 9.97 Å². The number of fused-ring (bicyclic) bond motifs is 1. The largest absolute Gasteiger partial charge is 0.368 e. The molecule has 2 aromatic heterocycles. The first-order valence-electron chi connectivity index (χ1n) is 7.52. The minimum absolute atomic E-state index is 0.579. The summed E-state index contributed by atoms with van der Waals surface area (Å²) in [5.74, 6) is 1.66. The van der Waals surface area contributed by atoms with Gasteiger partial charge in [0.05, 0.1) is 5.39 Å². The molecular formula is C17H20N4S. The van der Waals surface area contributed by atoms with Crippen LogP contribution in [0, 0.1) is 6.92 Å². The zero-order valence-corrected chi connectivity index (χ0v) is 13.7. The third-order valence-corrected chi connectivity index (χ3v) is 4.53. The molecule has 3 rings (SSSR count). The van der Waals surface area contributed by atoms with Gasteiger partial charge in [-0.05, 0) is 24.5 Å². The smallest absolute Gasteiger partial charge is 0.139 e. The average Bonchev–Trinajstić information content (AvgIpc) is 2.96. The topological polar surface area (TPSA) is 63.8 Å². The van der Waals surface area contributed by atoms with Crippen molar-refractivity contribution in [3.63, 3.8) is 0 Å². The number of nitrogens with one attached hydrogen (secondary N) is 1. The van der Waals surface area contributed by atoms with Crippen LogP contribution in [0.5, 0.6) is 0 Å². The number of benzene rings is 1. The molecule has 5 heteroatoms. The predicted octanol–water partition coefficient (Wildman–Crippen LogP) is 3.60. The zero-order chi connectivity index (χ0) is 15.5. The lowest BCUT2D eigenvalue weighted by Crippen LogP contribution is -2.14. The van der Waals surface area contributed by atoms with Crippen molar-refractivity contribution in [3.05, 3.63) is 41.0 Å². The molecule has 0 amide bonds. The van der Waals surface area contributed by atoms with E-state index in [2.05, 4.69) is 51.9 Å². The van der Waals surface area contributed by atoms with E-state index < -0.39 is 0 Å². The second-order valence-electron chi connectivity index (χ2n) is 5.21. The number of hydrogen-bond donors (Lipinski definition) is 2. The number of rotatable bonds is 5. The molecule has 114 valence electrons. The number of thiophene rings is 1. The number of aromatic nitrogens is 2. The average molecular weight is 312 g/mol. The van der Waals surface area contributed by atoms with Gasteiger partial charge in [0.25, 0.3) is 0 Å². The van der Waals surface area contributed by atoms with Gasteiger partial charge in [0, 0.05) is 24.0 Å². The third-order valence-electron chi connectivity index (χ3n) is 3.66. The van der Waals surface area contributed by atoms with Crippen LogP contribution in [0.15, 0.2) is 29.6 Å². The highest BCUT2D eigenvalue weighted by Gasteiger charge is 2.14. The first-order chi connectivity index (χ1) is 10.7. The summed E-state index contributed by atoms with van der Waals surface area (Å²) in [6, 6.07) is 8.71. The van der Waals surface area contributed by atoms with Gasteiger partial charge in [-0.2, -0.15) is 0 Å². The summed E-state index contributed by atoms with van der Waals surface area (Å²) in [4.78, 5) is 10.1. The van der Waals surface area contributed by atoms with Crippen molar-refractivity contribution in [2.45, 2.75) is 20.3 Å². The molecule has 0 atom stereocenters. The molecule has 2 heterocycles. The van der Waals surface area contributed by atoms with Crippen LogP contribution >= 0.6 is 11.3 Å². The standard InChI is InChI=1S/C17H20N4S/c1-3-12-4-6-13(7-5-12)14-10-22-17-15(14)16(19-9-8-18)20-11(2)21-17/h4-7,10H,3,8-9,18H2,1-2H3,(H,19,20,21). The first-order valence-corrected chi connectivity index (χ1v) is 8.40. The van der Waals surface area contributed by atoms with Crippen LogP contribution in [0.2, 0.25) is 0 Å². The molecule has 0 unspecified atom stereocenters. The monoisotopic (exact) mass is 312 g/mol. The predicted molar refractivity (Wildman–Crippen MR) is 94.5 cm³/mol. The number of nitrogens with two attached hydrogens (primary N) is 1. The van der Waals surface area contributed by atoms with E-state index in [1.165, 1.54) is 16.7 Å². The lowest BCUT2D eigenvalue weighted by atomic mass is 10.0. The fourth-order valence-electron chi connectivity index (χ4n) is 2.50. The number of anilines is 1. The summed E-state index contributed by atoms with van der Waals surface area (Å²) in [5.41, 5.74) is 9.34. The van der Waals surface area contributed by atoms with Crippen molar-refractivity contribution >= 4 is 27.4 Å². The Labute approximate surface area is 134 Å². The van der Waals surface area contributed by atoms with Crippen molar-refractivity contribution in [2.75, 3.05) is 18.4 Å². The van der Waals surface area contributed by atoms with E-state index in [1.54, 1.807) is 11.3 Å². The second-order valence-corrected chi connectivity index (χ2v) is 6.07. The molecule has 1 aromatic carbocycles. The van der Waals surface area contributed by atoms with E-state index in [-0.39, 0.29) is 0 Å². The quantitative estimate of drug-likeness (QED) is 0.755. The van der Waals surface area contributed by atoms with Crippen LogP contribution < -0.4 is 11.1 Å². The van der Waals surface area contributed by atoms with Gasteiger partial charge >= 0.3 is 0 Å². The molecule has 22 heavy (non-hydrogen) atoms. The highest BCUT2D eigenvalue weighted by Crippen LogP contribution is 2.36. The molecule has 0 bridgehead atoms. The summed E-state index contributed by atoms with van der Waals surface area (Å²) < 4.78 is 0. The fraction of sp³-hybridized carbons (Fsp3) is 0.294. The van der Waals surface area contributed by atoms with E-state index >= 15 is 0 Å². The van der Waals surface area contributed by atoms with Gasteiger partial charge in [0.15, 0.2) is 0 Å². The Morgan fingerprint density at radius 2 is 1.95 bits per heavy atom. The van der Waals surface area contributed by atoms with Crippen LogP contribution in [0.4, 0.5) is 5.82 Å². The SMILES string of the molecule is CCc1ccc(-c2csc3nc(C)nc(NCCN)c23)cc1. The Hall–Kier alpha value is -1.98. The Kier molecular flexibility index (Phi) is 4.36. The van der Waals surface area contributed by atoms with Crippen molar-refractivity contribution < 1.29 is 0 Å². The van der Waals surface area contributed by atoms with Crippen LogP contribution in [0.25, 0.3) is 21.3 Å². The van der Waals surface area contributed by atoms with Crippen LogP contribution in [0.1, 0.15) is 18.3 Å². The molecule has 3 aromatic rings. The van der Waals surface area contributed by atoms with Crippen LogP contribution in [-0.2, 0) is 6.42 Å². The van der Waals surface area contributed by atoms with Crippen molar-refractivity contribution in [2.24, 2.45) is 5.73 Å². The maximum Gasteiger partial charge on any atom is 0.139 e. The zero-order valence-electron chi connectivity index (χ0n) is 12.9. The normalized spacial score (nSPS) is 11.0. The van der Waals surface area contributed by atoms with Crippen LogP contribution in [0.3, 0.4) is 0 Å². The van der Waals surface area contributed by atoms with Gasteiger partial charge in [0.2, 0.25) is 0 Å². The van der Waals surface area contributed by atoms with Gasteiger partial charge in [-0.3, -0.25) is 0 Å². The molecular weight excluding hydrogens is 292 g/mol. The lowest BCUT2D eigenvalue weighted by Gasteiger charge is -2.09.